The summed E-state index contributed by atoms with van der Waals surface area (Å²) >= 11 is 3.33. The van der Waals surface area contributed by atoms with Gasteiger partial charge >= 0.3 is 5.97 Å². The van der Waals surface area contributed by atoms with Gasteiger partial charge in [0.15, 0.2) is 12.0 Å². The van der Waals surface area contributed by atoms with E-state index >= 15 is 0 Å². The molecule has 0 aliphatic carbocycles. The lowest BCUT2D eigenvalue weighted by molar-refractivity contribution is 0.0591. The molecule has 1 heterocycles. The molecule has 0 spiro atoms. The van der Waals surface area contributed by atoms with Crippen molar-refractivity contribution in [1.29, 1.82) is 0 Å². The summed E-state index contributed by atoms with van der Waals surface area (Å²) in [6.45, 7) is 0. The van der Waals surface area contributed by atoms with Gasteiger partial charge in [0.1, 0.15) is 0 Å². The van der Waals surface area contributed by atoms with Gasteiger partial charge in [0, 0.05) is 10.7 Å². The van der Waals surface area contributed by atoms with Crippen molar-refractivity contribution in [3.05, 3.63) is 46.2 Å². The standard InChI is InChI=1S/C12H9BrN2O3/c1-18-12(17)11-8(7-16)6-15(14-11)10-4-2-9(13)3-5-10/h2-7H,1H3. The molecule has 0 aliphatic rings. The summed E-state index contributed by atoms with van der Waals surface area (Å²) in [5, 5.41) is 4.05. The minimum absolute atomic E-state index is 0.00965. The van der Waals surface area contributed by atoms with Gasteiger partial charge in [-0.05, 0) is 24.3 Å². The smallest absolute Gasteiger partial charge is 0.359 e. The van der Waals surface area contributed by atoms with E-state index in [9.17, 15) is 9.59 Å². The van der Waals surface area contributed by atoms with Crippen molar-refractivity contribution in [2.75, 3.05) is 7.11 Å². The maximum absolute atomic E-state index is 11.4. The number of carbonyl (C=O) groups is 2. The van der Waals surface area contributed by atoms with Crippen LogP contribution < -0.4 is 0 Å². The number of hydrogen-bond acceptors (Lipinski definition) is 4. The fraction of sp³-hybridized carbons (Fsp3) is 0.0833. The Bertz CT molecular complexity index is 590. The highest BCUT2D eigenvalue weighted by Crippen LogP contribution is 2.15. The predicted molar refractivity (Wildman–Crippen MR) is 68.0 cm³/mol. The van der Waals surface area contributed by atoms with Gasteiger partial charge in [0.05, 0.1) is 18.4 Å². The van der Waals surface area contributed by atoms with E-state index in [1.165, 1.54) is 18.0 Å². The van der Waals surface area contributed by atoms with Crippen LogP contribution in [-0.4, -0.2) is 29.1 Å². The first kappa shape index (κ1) is 12.5. The second kappa shape index (κ2) is 5.14. The summed E-state index contributed by atoms with van der Waals surface area (Å²) in [6, 6.07) is 7.31. The van der Waals surface area contributed by atoms with Crippen LogP contribution in [0.15, 0.2) is 34.9 Å². The van der Waals surface area contributed by atoms with E-state index in [1.807, 2.05) is 24.3 Å². The number of hydrogen-bond donors (Lipinski definition) is 0. The number of carbonyl (C=O) groups excluding carboxylic acids is 2. The van der Waals surface area contributed by atoms with Crippen LogP contribution in [0.2, 0.25) is 0 Å². The highest BCUT2D eigenvalue weighted by Gasteiger charge is 2.17. The molecule has 0 unspecified atom stereocenters. The van der Waals surface area contributed by atoms with Crippen LogP contribution in [0.5, 0.6) is 0 Å². The van der Waals surface area contributed by atoms with Crippen LogP contribution in [0.3, 0.4) is 0 Å². The lowest BCUT2D eigenvalue weighted by Gasteiger charge is -2.00. The molecular weight excluding hydrogens is 300 g/mol. The van der Waals surface area contributed by atoms with E-state index in [2.05, 4.69) is 25.8 Å². The average Bonchev–Trinajstić information content (AvgIpc) is 2.82. The van der Waals surface area contributed by atoms with Gasteiger partial charge in [0.25, 0.3) is 0 Å². The van der Waals surface area contributed by atoms with E-state index in [0.717, 1.165) is 10.2 Å². The molecule has 0 aliphatic heterocycles. The Morgan fingerprint density at radius 2 is 2.06 bits per heavy atom. The van der Waals surface area contributed by atoms with E-state index in [0.29, 0.717) is 6.29 Å². The van der Waals surface area contributed by atoms with E-state index in [4.69, 9.17) is 0 Å². The molecule has 6 heteroatoms. The molecule has 0 saturated heterocycles. The van der Waals surface area contributed by atoms with Gasteiger partial charge in [0.2, 0.25) is 0 Å². The van der Waals surface area contributed by atoms with Crippen molar-refractivity contribution in [2.24, 2.45) is 0 Å². The van der Waals surface area contributed by atoms with Crippen LogP contribution in [0.1, 0.15) is 20.8 Å². The minimum atomic E-state index is -0.632. The minimum Gasteiger partial charge on any atom is -0.464 e. The van der Waals surface area contributed by atoms with Crippen molar-refractivity contribution in [2.45, 2.75) is 0 Å². The summed E-state index contributed by atoms with van der Waals surface area (Å²) in [4.78, 5) is 22.3. The molecule has 18 heavy (non-hydrogen) atoms. The Morgan fingerprint density at radius 3 is 2.61 bits per heavy atom. The number of methoxy groups -OCH3 is 1. The van der Waals surface area contributed by atoms with Crippen LogP contribution in [0, 0.1) is 0 Å². The normalized spacial score (nSPS) is 10.1. The molecule has 0 radical (unpaired) electrons. The Balaban J connectivity index is 2.47. The Morgan fingerprint density at radius 1 is 1.39 bits per heavy atom. The van der Waals surface area contributed by atoms with Crippen LogP contribution in [-0.2, 0) is 4.74 Å². The summed E-state index contributed by atoms with van der Waals surface area (Å²) < 4.78 is 6.96. The fourth-order valence-corrected chi connectivity index (χ4v) is 1.72. The van der Waals surface area contributed by atoms with Crippen molar-refractivity contribution < 1.29 is 14.3 Å². The highest BCUT2D eigenvalue weighted by atomic mass is 79.9. The first-order valence-corrected chi connectivity index (χ1v) is 5.84. The van der Waals surface area contributed by atoms with E-state index in [1.54, 1.807) is 0 Å². The van der Waals surface area contributed by atoms with Crippen LogP contribution in [0.25, 0.3) is 5.69 Å². The molecule has 0 atom stereocenters. The van der Waals surface area contributed by atoms with Crippen molar-refractivity contribution in [1.82, 2.24) is 9.78 Å². The molecule has 1 aromatic heterocycles. The summed E-state index contributed by atoms with van der Waals surface area (Å²) in [5.41, 5.74) is 0.955. The molecule has 0 N–H and O–H groups in total. The number of aldehydes is 1. The topological polar surface area (TPSA) is 61.2 Å². The largest absolute Gasteiger partial charge is 0.464 e. The predicted octanol–water partition coefficient (Wildman–Crippen LogP) is 2.23. The molecular formula is C12H9BrN2O3. The third kappa shape index (κ3) is 2.33. The third-order valence-corrected chi connectivity index (χ3v) is 2.87. The monoisotopic (exact) mass is 308 g/mol. The first-order chi connectivity index (χ1) is 8.65. The second-order valence-electron chi connectivity index (χ2n) is 3.46. The highest BCUT2D eigenvalue weighted by molar-refractivity contribution is 9.10. The molecule has 0 fully saturated rings. The Labute approximate surface area is 111 Å². The van der Waals surface area contributed by atoms with Gasteiger partial charge in [-0.3, -0.25) is 4.79 Å². The summed E-state index contributed by atoms with van der Waals surface area (Å²) in [7, 11) is 1.25. The van der Waals surface area contributed by atoms with Crippen molar-refractivity contribution in [3.63, 3.8) is 0 Å². The SMILES string of the molecule is COC(=O)c1nn(-c2ccc(Br)cc2)cc1C=O. The number of halogens is 1. The number of nitrogens with zero attached hydrogens (tertiary/aromatic N) is 2. The first-order valence-electron chi connectivity index (χ1n) is 5.05. The Kier molecular flexibility index (Phi) is 3.57. The number of esters is 1. The maximum atomic E-state index is 11.4. The van der Waals surface area contributed by atoms with Gasteiger partial charge in [-0.1, -0.05) is 15.9 Å². The van der Waals surface area contributed by atoms with Gasteiger partial charge in [-0.25, -0.2) is 9.48 Å². The zero-order chi connectivity index (χ0) is 13.1. The number of aromatic nitrogens is 2. The average molecular weight is 309 g/mol. The van der Waals surface area contributed by atoms with Crippen LogP contribution in [0.4, 0.5) is 0 Å². The molecule has 5 nitrogen and oxygen atoms in total. The molecule has 0 saturated carbocycles. The van der Waals surface area contributed by atoms with Gasteiger partial charge in [-0.15, -0.1) is 0 Å². The lowest BCUT2D eigenvalue weighted by atomic mass is 10.3. The second-order valence-corrected chi connectivity index (χ2v) is 4.38. The molecule has 0 bridgehead atoms. The molecule has 0 amide bonds. The zero-order valence-corrected chi connectivity index (χ0v) is 11.0. The van der Waals surface area contributed by atoms with Gasteiger partial charge in [-0.2, -0.15) is 5.10 Å². The summed E-state index contributed by atoms with van der Waals surface area (Å²) in [5.74, 6) is -0.632. The number of ether oxygens (including phenoxy) is 1. The van der Waals surface area contributed by atoms with Crippen LogP contribution >= 0.6 is 15.9 Å². The molecule has 2 aromatic rings. The van der Waals surface area contributed by atoms with E-state index in [-0.39, 0.29) is 11.3 Å². The van der Waals surface area contributed by atoms with Gasteiger partial charge < -0.3 is 4.74 Å². The third-order valence-electron chi connectivity index (χ3n) is 2.34. The lowest BCUT2D eigenvalue weighted by Crippen LogP contribution is -2.05. The van der Waals surface area contributed by atoms with Crippen molar-refractivity contribution in [3.8, 4) is 5.69 Å². The molecule has 2 rings (SSSR count). The number of rotatable bonds is 3. The Hall–Kier alpha value is -1.95. The number of benzene rings is 1. The zero-order valence-electron chi connectivity index (χ0n) is 9.46. The van der Waals surface area contributed by atoms with E-state index < -0.39 is 5.97 Å². The fourth-order valence-electron chi connectivity index (χ4n) is 1.45. The molecule has 1 aromatic carbocycles. The van der Waals surface area contributed by atoms with Crippen molar-refractivity contribution >= 4 is 28.2 Å². The maximum Gasteiger partial charge on any atom is 0.359 e. The quantitative estimate of drug-likeness (QED) is 0.644. The molecule has 92 valence electrons. The summed E-state index contributed by atoms with van der Waals surface area (Å²) in [6.07, 6.45) is 2.07.